The average Bonchev–Trinajstić information content (AvgIpc) is 3.18. The van der Waals surface area contributed by atoms with Gasteiger partial charge in [0.1, 0.15) is 12.3 Å². The van der Waals surface area contributed by atoms with Gasteiger partial charge in [-0.1, -0.05) is 13.8 Å². The van der Waals surface area contributed by atoms with Crippen molar-refractivity contribution in [3.05, 3.63) is 0 Å². The number of carbonyl (C=O) groups is 1. The van der Waals surface area contributed by atoms with Crippen molar-refractivity contribution < 1.29 is 18.3 Å². The zero-order chi connectivity index (χ0) is 26.8. The summed E-state index contributed by atoms with van der Waals surface area (Å²) in [7, 11) is 0. The van der Waals surface area contributed by atoms with Crippen molar-refractivity contribution in [2.45, 2.75) is 126 Å². The summed E-state index contributed by atoms with van der Waals surface area (Å²) >= 11 is 0. The van der Waals surface area contributed by atoms with E-state index in [4.69, 9.17) is 4.74 Å². The van der Waals surface area contributed by atoms with Gasteiger partial charge in [-0.2, -0.15) is 0 Å². The summed E-state index contributed by atoms with van der Waals surface area (Å²) in [5.74, 6) is 0.0638. The Morgan fingerprint density at radius 3 is 2.64 bits per heavy atom. The number of halogens is 2. The first kappa shape index (κ1) is 26.8. The molecule has 7 rings (SSSR count). The smallest absolute Gasteiger partial charge is 0.320 e. The van der Waals surface area contributed by atoms with E-state index in [2.05, 4.69) is 44.9 Å². The molecule has 1 saturated carbocycles. The molecule has 7 fully saturated rings. The van der Waals surface area contributed by atoms with Crippen molar-refractivity contribution in [2.75, 3.05) is 26.2 Å². The number of urea groups is 1. The van der Waals surface area contributed by atoms with Gasteiger partial charge in [0.05, 0.1) is 24.5 Å². The Balaban J connectivity index is 1.28. The van der Waals surface area contributed by atoms with Crippen LogP contribution in [0.5, 0.6) is 0 Å². The van der Waals surface area contributed by atoms with Crippen LogP contribution in [0, 0.1) is 23.7 Å². The first-order chi connectivity index (χ1) is 18.9. The zero-order valence-corrected chi connectivity index (χ0v) is 23.5. The van der Waals surface area contributed by atoms with Crippen LogP contribution in [-0.4, -0.2) is 103 Å². The molecular weight excluding hydrogens is 502 g/mol. The molecular formula is C29H48F2N6O2. The maximum absolute atomic E-state index is 16.3. The number of carbonyl (C=O) groups excluding carboxylic acids is 1. The number of fused-ring (bicyclic) bond motifs is 6. The summed E-state index contributed by atoms with van der Waals surface area (Å²) in [5, 5.41) is 14.3. The van der Waals surface area contributed by atoms with Crippen molar-refractivity contribution in [1.82, 2.24) is 31.1 Å². The van der Waals surface area contributed by atoms with Gasteiger partial charge in [0.2, 0.25) is 0 Å². The number of nitrogens with zero attached hydrogens (tertiary/aromatic N) is 2. The molecule has 4 N–H and O–H groups in total. The molecule has 39 heavy (non-hydrogen) atoms. The predicted octanol–water partition coefficient (Wildman–Crippen LogP) is 2.35. The summed E-state index contributed by atoms with van der Waals surface area (Å²) in [6.07, 6.45) is 3.23. The largest absolute Gasteiger partial charge is 0.378 e. The summed E-state index contributed by atoms with van der Waals surface area (Å²) in [4.78, 5) is 18.8. The van der Waals surface area contributed by atoms with E-state index in [9.17, 15) is 4.79 Å². The topological polar surface area (TPSA) is 80.9 Å². The Morgan fingerprint density at radius 1 is 1.00 bits per heavy atom. The molecule has 13 unspecified atom stereocenters. The third-order valence-electron chi connectivity index (χ3n) is 11.5. The number of alkyl halides is 2. The lowest BCUT2D eigenvalue weighted by molar-refractivity contribution is -0.117. The van der Waals surface area contributed by atoms with Crippen LogP contribution in [0.25, 0.3) is 0 Å². The van der Waals surface area contributed by atoms with Gasteiger partial charge in [0, 0.05) is 55.7 Å². The molecule has 0 aromatic rings. The number of ether oxygens (including phenoxy) is 1. The van der Waals surface area contributed by atoms with Gasteiger partial charge >= 0.3 is 6.03 Å². The molecule has 2 bridgehead atoms. The van der Waals surface area contributed by atoms with Gasteiger partial charge in [-0.15, -0.1) is 0 Å². The van der Waals surface area contributed by atoms with Gasteiger partial charge in [-0.25, -0.2) is 13.6 Å². The fourth-order valence-corrected chi connectivity index (χ4v) is 9.55. The Bertz CT molecular complexity index is 913. The van der Waals surface area contributed by atoms with Crippen molar-refractivity contribution >= 4 is 6.03 Å². The van der Waals surface area contributed by atoms with Crippen LogP contribution in [0.15, 0.2) is 0 Å². The van der Waals surface area contributed by atoms with Crippen molar-refractivity contribution in [2.24, 2.45) is 23.7 Å². The molecule has 0 radical (unpaired) electrons. The minimum atomic E-state index is -1.18. The number of rotatable bonds is 2. The SMILES string of the molecule is CC(C)C1NCCC2CCCOC3CCCC(F)C3C3NC4C(CC3F)C(N3CCC5NCC53)NC(=O)N4C21. The number of amides is 2. The second-order valence-corrected chi connectivity index (χ2v) is 13.8. The Hall–Kier alpha value is -1.07. The highest BCUT2D eigenvalue weighted by Gasteiger charge is 2.58. The van der Waals surface area contributed by atoms with Crippen LogP contribution in [0.3, 0.4) is 0 Å². The normalized spacial score (nSPS) is 50.5. The second-order valence-electron chi connectivity index (χ2n) is 13.8. The number of nitrogens with one attached hydrogen (secondary N) is 4. The molecule has 2 amide bonds. The third-order valence-corrected chi connectivity index (χ3v) is 11.5. The Labute approximate surface area is 231 Å². The number of hydrogen-bond acceptors (Lipinski definition) is 6. The Kier molecular flexibility index (Phi) is 7.31. The molecule has 7 aliphatic rings. The summed E-state index contributed by atoms with van der Waals surface area (Å²) in [6, 6.07) is 0.312. The van der Waals surface area contributed by atoms with Gasteiger partial charge in [-0.05, 0) is 69.7 Å². The van der Waals surface area contributed by atoms with Crippen LogP contribution in [0.2, 0.25) is 0 Å². The molecule has 6 heterocycles. The maximum Gasteiger partial charge on any atom is 0.320 e. The maximum atomic E-state index is 16.3. The zero-order valence-electron chi connectivity index (χ0n) is 23.5. The minimum absolute atomic E-state index is 0.00374. The number of piperidine rings is 2. The lowest BCUT2D eigenvalue weighted by Crippen LogP contribution is -2.80. The fourth-order valence-electron chi connectivity index (χ4n) is 9.55. The van der Waals surface area contributed by atoms with E-state index in [0.717, 1.165) is 58.2 Å². The van der Waals surface area contributed by atoms with E-state index in [0.29, 0.717) is 43.4 Å². The Morgan fingerprint density at radius 2 is 1.87 bits per heavy atom. The van der Waals surface area contributed by atoms with E-state index < -0.39 is 24.3 Å². The quantitative estimate of drug-likeness (QED) is 0.423. The van der Waals surface area contributed by atoms with Crippen LogP contribution >= 0.6 is 0 Å². The summed E-state index contributed by atoms with van der Waals surface area (Å²) in [5.41, 5.74) is 0. The summed E-state index contributed by atoms with van der Waals surface area (Å²) < 4.78 is 38.3. The molecule has 8 nitrogen and oxygen atoms in total. The third kappa shape index (κ3) is 4.51. The van der Waals surface area contributed by atoms with E-state index in [1.165, 1.54) is 0 Å². The van der Waals surface area contributed by atoms with Crippen LogP contribution in [0.4, 0.5) is 13.6 Å². The van der Waals surface area contributed by atoms with Gasteiger partial charge in [0.15, 0.2) is 0 Å². The lowest BCUT2D eigenvalue weighted by atomic mass is 9.72. The molecule has 10 heteroatoms. The van der Waals surface area contributed by atoms with E-state index in [1.54, 1.807) is 0 Å². The molecule has 6 aliphatic heterocycles. The van der Waals surface area contributed by atoms with E-state index >= 15 is 8.78 Å². The highest BCUT2D eigenvalue weighted by atomic mass is 19.1. The monoisotopic (exact) mass is 550 g/mol. The van der Waals surface area contributed by atoms with Crippen molar-refractivity contribution in [3.8, 4) is 0 Å². The standard InChI is InChI=1S/C29H48F2N6O2/c1-15(2)24-26-16(8-10-32-24)5-4-12-39-22-7-3-6-18(30)23(22)25-19(31)13-17-27(35-29(38)37(26)28(17)34-25)36-11-9-20-21(36)14-33-20/h15-28,32-34H,3-14H2,1-2H3,(H,35,38). The number of hydrogen-bond donors (Lipinski definition) is 4. The fraction of sp³-hybridized carbons (Fsp3) is 0.966. The lowest BCUT2D eigenvalue weighted by Gasteiger charge is -2.60. The number of likely N-dealkylation sites (tertiary alicyclic amines) is 1. The van der Waals surface area contributed by atoms with E-state index in [-0.39, 0.29) is 42.5 Å². The highest BCUT2D eigenvalue weighted by molar-refractivity contribution is 5.76. The molecule has 13 atom stereocenters. The molecule has 220 valence electrons. The molecule has 1 aliphatic carbocycles. The van der Waals surface area contributed by atoms with Gasteiger partial charge in [0.25, 0.3) is 0 Å². The molecule has 0 aromatic carbocycles. The first-order valence-corrected chi connectivity index (χ1v) is 15.9. The van der Waals surface area contributed by atoms with Crippen LogP contribution in [-0.2, 0) is 4.74 Å². The first-order valence-electron chi connectivity index (χ1n) is 15.9. The molecule has 0 aromatic heterocycles. The van der Waals surface area contributed by atoms with Crippen molar-refractivity contribution in [3.63, 3.8) is 0 Å². The van der Waals surface area contributed by atoms with Crippen LogP contribution in [0.1, 0.15) is 65.2 Å². The molecule has 0 spiro atoms. The average molecular weight is 551 g/mol. The minimum Gasteiger partial charge on any atom is -0.378 e. The summed E-state index contributed by atoms with van der Waals surface area (Å²) in [6.45, 7) is 7.80. The molecule has 6 saturated heterocycles. The highest BCUT2D eigenvalue weighted by Crippen LogP contribution is 2.44. The van der Waals surface area contributed by atoms with E-state index in [1.807, 2.05) is 0 Å². The van der Waals surface area contributed by atoms with Gasteiger partial charge in [-0.3, -0.25) is 10.2 Å². The van der Waals surface area contributed by atoms with Crippen molar-refractivity contribution in [1.29, 1.82) is 0 Å². The predicted molar refractivity (Wildman–Crippen MR) is 145 cm³/mol. The van der Waals surface area contributed by atoms with Gasteiger partial charge < -0.3 is 25.6 Å². The van der Waals surface area contributed by atoms with Crippen LogP contribution < -0.4 is 21.3 Å². The second kappa shape index (κ2) is 10.6.